The number of nitrogens with two attached hydrogens (primary N) is 1. The highest BCUT2D eigenvalue weighted by atomic mass is 16.4. The van der Waals surface area contributed by atoms with Crippen molar-refractivity contribution >= 4 is 11.9 Å². The maximum absolute atomic E-state index is 11.4. The first-order valence-electron chi connectivity index (χ1n) is 4.53. The Kier molecular flexibility index (Phi) is 3.43. The molecule has 1 rings (SSSR count). The summed E-state index contributed by atoms with van der Waals surface area (Å²) in [6.45, 7) is 2.80. The summed E-state index contributed by atoms with van der Waals surface area (Å²) in [5, 5.41) is 11.6. The van der Waals surface area contributed by atoms with Gasteiger partial charge in [-0.25, -0.2) is 0 Å². The number of aliphatic carboxylic acids is 1. The topological polar surface area (TPSA) is 95.7 Å². The number of carbonyl (C=O) groups is 2. The van der Waals surface area contributed by atoms with Crippen molar-refractivity contribution in [1.29, 1.82) is 0 Å². The molecule has 1 amide bonds. The Morgan fingerprint density at radius 1 is 1.64 bits per heavy atom. The molecule has 0 saturated carbocycles. The number of piperazine rings is 1. The summed E-state index contributed by atoms with van der Waals surface area (Å²) < 4.78 is 0. The van der Waals surface area contributed by atoms with Crippen LogP contribution in [0.4, 0.5) is 0 Å². The number of rotatable bonds is 2. The van der Waals surface area contributed by atoms with Crippen LogP contribution in [-0.2, 0) is 9.59 Å². The van der Waals surface area contributed by atoms with Crippen molar-refractivity contribution in [3.05, 3.63) is 0 Å². The molecule has 6 nitrogen and oxygen atoms in total. The summed E-state index contributed by atoms with van der Waals surface area (Å²) in [7, 11) is 0. The second-order valence-corrected chi connectivity index (χ2v) is 3.42. The molecule has 1 aliphatic heterocycles. The molecule has 0 aliphatic carbocycles. The minimum atomic E-state index is -0.938. The van der Waals surface area contributed by atoms with Crippen molar-refractivity contribution in [2.45, 2.75) is 19.0 Å². The molecule has 0 spiro atoms. The van der Waals surface area contributed by atoms with Gasteiger partial charge in [0.1, 0.15) is 6.04 Å². The van der Waals surface area contributed by atoms with Crippen molar-refractivity contribution in [2.75, 3.05) is 19.6 Å². The minimum Gasteiger partial charge on any atom is -0.480 e. The van der Waals surface area contributed by atoms with Gasteiger partial charge in [0.15, 0.2) is 0 Å². The summed E-state index contributed by atoms with van der Waals surface area (Å²) >= 11 is 0. The number of hydrogen-bond donors (Lipinski definition) is 3. The molecule has 4 N–H and O–H groups in total. The van der Waals surface area contributed by atoms with Crippen molar-refractivity contribution in [3.63, 3.8) is 0 Å². The van der Waals surface area contributed by atoms with Gasteiger partial charge in [-0.1, -0.05) is 0 Å². The van der Waals surface area contributed by atoms with Gasteiger partial charge in [0.25, 0.3) is 0 Å². The maximum Gasteiger partial charge on any atom is 0.322 e. The Bertz CT molecular complexity index is 242. The molecule has 1 aliphatic rings. The highest BCUT2D eigenvalue weighted by Gasteiger charge is 2.28. The van der Waals surface area contributed by atoms with Crippen LogP contribution >= 0.6 is 0 Å². The Morgan fingerprint density at radius 3 is 2.79 bits per heavy atom. The monoisotopic (exact) mass is 201 g/mol. The van der Waals surface area contributed by atoms with Gasteiger partial charge in [-0.15, -0.1) is 0 Å². The lowest BCUT2D eigenvalue weighted by Crippen LogP contribution is -2.58. The quantitative estimate of drug-likeness (QED) is 0.491. The molecule has 0 aromatic carbocycles. The van der Waals surface area contributed by atoms with E-state index in [2.05, 4.69) is 5.32 Å². The first-order valence-corrected chi connectivity index (χ1v) is 4.53. The van der Waals surface area contributed by atoms with Gasteiger partial charge >= 0.3 is 5.97 Å². The van der Waals surface area contributed by atoms with E-state index in [9.17, 15) is 9.59 Å². The van der Waals surface area contributed by atoms with Crippen LogP contribution in [0.25, 0.3) is 0 Å². The van der Waals surface area contributed by atoms with Crippen LogP contribution in [-0.4, -0.2) is 53.6 Å². The smallest absolute Gasteiger partial charge is 0.322 e. The highest BCUT2D eigenvalue weighted by Crippen LogP contribution is 2.01. The van der Waals surface area contributed by atoms with Crippen LogP contribution in [0.2, 0.25) is 0 Å². The Hall–Kier alpha value is -1.14. The van der Waals surface area contributed by atoms with E-state index in [-0.39, 0.29) is 12.5 Å². The van der Waals surface area contributed by atoms with Gasteiger partial charge in [0.2, 0.25) is 5.91 Å². The predicted octanol–water partition coefficient (Wildman–Crippen LogP) is -1.78. The summed E-state index contributed by atoms with van der Waals surface area (Å²) in [4.78, 5) is 23.6. The Labute approximate surface area is 82.1 Å². The second kappa shape index (κ2) is 4.39. The van der Waals surface area contributed by atoms with Gasteiger partial charge in [-0.3, -0.25) is 9.59 Å². The Balaban J connectivity index is 2.56. The van der Waals surface area contributed by atoms with Gasteiger partial charge < -0.3 is 21.1 Å². The van der Waals surface area contributed by atoms with Crippen molar-refractivity contribution in [3.8, 4) is 0 Å². The number of carboxylic acids is 1. The predicted molar refractivity (Wildman–Crippen MR) is 49.7 cm³/mol. The van der Waals surface area contributed by atoms with Gasteiger partial charge in [-0.05, 0) is 6.92 Å². The molecule has 0 unspecified atom stereocenters. The van der Waals surface area contributed by atoms with E-state index in [1.54, 1.807) is 6.92 Å². The van der Waals surface area contributed by atoms with E-state index < -0.39 is 18.1 Å². The van der Waals surface area contributed by atoms with Crippen molar-refractivity contribution in [2.24, 2.45) is 5.73 Å². The molecule has 1 fully saturated rings. The molecule has 0 aromatic rings. The minimum absolute atomic E-state index is 0.190. The third-order valence-electron chi connectivity index (χ3n) is 2.17. The molecule has 2 atom stereocenters. The fraction of sp³-hybridized carbons (Fsp3) is 0.750. The van der Waals surface area contributed by atoms with Crippen LogP contribution in [0.3, 0.4) is 0 Å². The number of nitrogens with one attached hydrogen (secondary N) is 1. The molecule has 0 bridgehead atoms. The second-order valence-electron chi connectivity index (χ2n) is 3.42. The van der Waals surface area contributed by atoms with Crippen molar-refractivity contribution in [1.82, 2.24) is 10.2 Å². The summed E-state index contributed by atoms with van der Waals surface area (Å²) in [5.41, 5.74) is 5.43. The zero-order chi connectivity index (χ0) is 10.7. The number of hydrogen-bond acceptors (Lipinski definition) is 4. The first-order chi connectivity index (χ1) is 6.52. The van der Waals surface area contributed by atoms with Gasteiger partial charge in [-0.2, -0.15) is 0 Å². The van der Waals surface area contributed by atoms with E-state index in [0.717, 1.165) is 0 Å². The molecule has 1 heterocycles. The van der Waals surface area contributed by atoms with E-state index in [1.807, 2.05) is 0 Å². The number of carboxylic acid groups (broad SMARTS) is 1. The van der Waals surface area contributed by atoms with E-state index >= 15 is 0 Å². The third kappa shape index (κ3) is 2.43. The third-order valence-corrected chi connectivity index (χ3v) is 2.17. The van der Waals surface area contributed by atoms with Crippen LogP contribution in [0.1, 0.15) is 6.92 Å². The normalized spacial score (nSPS) is 24.4. The van der Waals surface area contributed by atoms with Crippen LogP contribution in [0.15, 0.2) is 0 Å². The largest absolute Gasteiger partial charge is 0.480 e. The fourth-order valence-electron chi connectivity index (χ4n) is 1.40. The standard InChI is InChI=1S/C8H15N3O3/c1-5(9)7(12)11-3-2-10-6(4-11)8(13)14/h5-6,10H,2-4,9H2,1H3,(H,13,14)/t5-,6-/m0/s1. The fourth-order valence-corrected chi connectivity index (χ4v) is 1.40. The number of nitrogens with zero attached hydrogens (tertiary/aromatic N) is 1. The van der Waals surface area contributed by atoms with E-state index in [4.69, 9.17) is 10.8 Å². The summed E-state index contributed by atoms with van der Waals surface area (Å²) in [6.07, 6.45) is 0. The van der Waals surface area contributed by atoms with Crippen LogP contribution < -0.4 is 11.1 Å². The van der Waals surface area contributed by atoms with Crippen molar-refractivity contribution < 1.29 is 14.7 Å². The summed E-state index contributed by atoms with van der Waals surface area (Å²) in [6, 6.07) is -1.24. The summed E-state index contributed by atoms with van der Waals surface area (Å²) in [5.74, 6) is -1.13. The number of amides is 1. The molecule has 80 valence electrons. The van der Waals surface area contributed by atoms with Gasteiger partial charge in [0, 0.05) is 19.6 Å². The number of carbonyl (C=O) groups excluding carboxylic acids is 1. The maximum atomic E-state index is 11.4. The molecular weight excluding hydrogens is 186 g/mol. The molecule has 0 aromatic heterocycles. The molecule has 0 radical (unpaired) electrons. The zero-order valence-electron chi connectivity index (χ0n) is 8.06. The molecule has 1 saturated heterocycles. The first kappa shape index (κ1) is 10.9. The highest BCUT2D eigenvalue weighted by molar-refractivity contribution is 5.82. The molecule has 6 heteroatoms. The van der Waals surface area contributed by atoms with Gasteiger partial charge in [0.05, 0.1) is 6.04 Å². The molecular formula is C8H15N3O3. The Morgan fingerprint density at radius 2 is 2.29 bits per heavy atom. The van der Waals surface area contributed by atoms with E-state index in [0.29, 0.717) is 13.1 Å². The average Bonchev–Trinajstić information content (AvgIpc) is 2.16. The van der Waals surface area contributed by atoms with Crippen LogP contribution in [0, 0.1) is 0 Å². The van der Waals surface area contributed by atoms with E-state index in [1.165, 1.54) is 4.90 Å². The average molecular weight is 201 g/mol. The lowest BCUT2D eigenvalue weighted by molar-refractivity contribution is -0.142. The molecule has 14 heavy (non-hydrogen) atoms. The van der Waals surface area contributed by atoms with Crippen LogP contribution in [0.5, 0.6) is 0 Å². The zero-order valence-corrected chi connectivity index (χ0v) is 8.06. The lowest BCUT2D eigenvalue weighted by atomic mass is 10.2. The lowest BCUT2D eigenvalue weighted by Gasteiger charge is -2.32. The SMILES string of the molecule is C[C@H](N)C(=O)N1CCN[C@H](C(=O)O)C1.